The van der Waals surface area contributed by atoms with Crippen LogP contribution in [0.5, 0.6) is 5.19 Å². The number of benzene rings is 1. The van der Waals surface area contributed by atoms with Crippen molar-refractivity contribution in [2.75, 3.05) is 0 Å². The molecule has 0 radical (unpaired) electrons. The largest absolute Gasteiger partial charge is 0.414 e. The third-order valence-corrected chi connectivity index (χ3v) is 4.12. The number of ether oxygens (including phenoxy) is 1. The summed E-state index contributed by atoms with van der Waals surface area (Å²) in [6.07, 6.45) is -0.577. The Morgan fingerprint density at radius 1 is 1.50 bits per heavy atom. The molecule has 0 spiro atoms. The van der Waals surface area contributed by atoms with Gasteiger partial charge >= 0.3 is 6.09 Å². The summed E-state index contributed by atoms with van der Waals surface area (Å²) in [5.41, 5.74) is 9.62. The summed E-state index contributed by atoms with van der Waals surface area (Å²) in [6.45, 7) is 5.71. The van der Waals surface area contributed by atoms with E-state index in [1.807, 2.05) is 45.0 Å². The molecule has 0 unspecified atom stereocenters. The van der Waals surface area contributed by atoms with Crippen LogP contribution in [0.3, 0.4) is 0 Å². The van der Waals surface area contributed by atoms with E-state index in [4.69, 9.17) is 10.3 Å². The number of hydrogen-bond donors (Lipinski definition) is 1. The van der Waals surface area contributed by atoms with Gasteiger partial charge in [0.05, 0.1) is 12.2 Å². The topological polar surface area (TPSA) is 100.0 Å². The molecule has 9 heteroatoms. The van der Waals surface area contributed by atoms with Crippen LogP contribution in [0, 0.1) is 0 Å². The standard InChI is InChI=1S/C15H16BrN5O2S/c1-15(2,3)20-13(22)23-14-19-12(11(24-14)8-18-21-17)9-5-4-6-10(16)7-9/h4-7H,8H2,1-3H3,(H,20,22). The van der Waals surface area contributed by atoms with Crippen molar-refractivity contribution >= 4 is 33.4 Å². The second kappa shape index (κ2) is 7.65. The molecule has 126 valence electrons. The number of halogens is 1. The van der Waals surface area contributed by atoms with Crippen LogP contribution in [0.1, 0.15) is 25.6 Å². The molecule has 1 aromatic carbocycles. The Labute approximate surface area is 151 Å². The van der Waals surface area contributed by atoms with E-state index < -0.39 is 11.6 Å². The van der Waals surface area contributed by atoms with Crippen LogP contribution in [0.2, 0.25) is 0 Å². The fourth-order valence-corrected chi connectivity index (χ4v) is 3.10. The average molecular weight is 410 g/mol. The van der Waals surface area contributed by atoms with Crippen molar-refractivity contribution in [1.82, 2.24) is 10.3 Å². The molecule has 24 heavy (non-hydrogen) atoms. The number of carbonyl (C=O) groups is 1. The molecule has 7 nitrogen and oxygen atoms in total. The molecule has 2 rings (SSSR count). The van der Waals surface area contributed by atoms with Crippen LogP contribution in [0.15, 0.2) is 33.9 Å². The van der Waals surface area contributed by atoms with Crippen LogP contribution < -0.4 is 10.1 Å². The first kappa shape index (κ1) is 18.3. The Morgan fingerprint density at radius 3 is 2.88 bits per heavy atom. The number of thiazole rings is 1. The van der Waals surface area contributed by atoms with Crippen molar-refractivity contribution in [2.45, 2.75) is 32.9 Å². The maximum absolute atomic E-state index is 11.9. The number of amides is 1. The smallest absolute Gasteiger partial charge is 0.381 e. The fraction of sp³-hybridized carbons (Fsp3) is 0.333. The van der Waals surface area contributed by atoms with Gasteiger partial charge in [-0.05, 0) is 38.4 Å². The average Bonchev–Trinajstić information content (AvgIpc) is 2.85. The first-order valence-corrected chi connectivity index (χ1v) is 8.66. The van der Waals surface area contributed by atoms with E-state index in [9.17, 15) is 4.79 Å². The minimum absolute atomic E-state index is 0.139. The van der Waals surface area contributed by atoms with E-state index in [0.29, 0.717) is 5.69 Å². The number of rotatable bonds is 4. The Kier molecular flexibility index (Phi) is 5.82. The normalized spacial score (nSPS) is 10.8. The van der Waals surface area contributed by atoms with Crippen molar-refractivity contribution in [3.63, 3.8) is 0 Å². The number of nitrogens with one attached hydrogen (secondary N) is 1. The van der Waals surface area contributed by atoms with E-state index in [1.165, 1.54) is 11.3 Å². The van der Waals surface area contributed by atoms with Crippen LogP contribution in [-0.2, 0) is 6.54 Å². The molecule has 0 aliphatic rings. The number of nitrogens with zero attached hydrogens (tertiary/aromatic N) is 4. The highest BCUT2D eigenvalue weighted by molar-refractivity contribution is 9.10. The lowest BCUT2D eigenvalue weighted by Crippen LogP contribution is -2.42. The number of aromatic nitrogens is 1. The lowest BCUT2D eigenvalue weighted by atomic mass is 10.1. The Hall–Kier alpha value is -2.09. The van der Waals surface area contributed by atoms with Gasteiger partial charge in [0.15, 0.2) is 0 Å². The van der Waals surface area contributed by atoms with Gasteiger partial charge in [0.1, 0.15) is 0 Å². The summed E-state index contributed by atoms with van der Waals surface area (Å²) in [7, 11) is 0. The summed E-state index contributed by atoms with van der Waals surface area (Å²) >= 11 is 4.60. The molecular weight excluding hydrogens is 394 g/mol. The number of carbonyl (C=O) groups excluding carboxylic acids is 1. The Morgan fingerprint density at radius 2 is 2.25 bits per heavy atom. The minimum Gasteiger partial charge on any atom is -0.381 e. The van der Waals surface area contributed by atoms with E-state index in [-0.39, 0.29) is 11.7 Å². The van der Waals surface area contributed by atoms with Gasteiger partial charge in [0, 0.05) is 25.4 Å². The lowest BCUT2D eigenvalue weighted by Gasteiger charge is -2.18. The Bertz CT molecular complexity index is 793. The molecule has 1 N–H and O–H groups in total. The highest BCUT2D eigenvalue weighted by Gasteiger charge is 2.19. The highest BCUT2D eigenvalue weighted by Crippen LogP contribution is 2.34. The Balaban J connectivity index is 2.31. The summed E-state index contributed by atoms with van der Waals surface area (Å²) in [6, 6.07) is 7.56. The van der Waals surface area contributed by atoms with Crippen LogP contribution in [0.25, 0.3) is 21.7 Å². The third kappa shape index (κ3) is 5.23. The first-order valence-electron chi connectivity index (χ1n) is 7.05. The third-order valence-electron chi connectivity index (χ3n) is 2.71. The van der Waals surface area contributed by atoms with E-state index >= 15 is 0 Å². The monoisotopic (exact) mass is 409 g/mol. The molecule has 0 bridgehead atoms. The SMILES string of the molecule is CC(C)(C)NC(=O)Oc1nc(-c2cccc(Br)c2)c(CN=[N+]=[N-])s1. The van der Waals surface area contributed by atoms with Gasteiger partial charge in [-0.25, -0.2) is 9.78 Å². The van der Waals surface area contributed by atoms with Crippen molar-refractivity contribution in [3.8, 4) is 16.5 Å². The van der Waals surface area contributed by atoms with E-state index in [1.54, 1.807) is 0 Å². The maximum atomic E-state index is 11.9. The molecule has 0 aliphatic carbocycles. The first-order chi connectivity index (χ1) is 11.3. The van der Waals surface area contributed by atoms with Crippen molar-refractivity contribution < 1.29 is 9.53 Å². The molecule has 1 heterocycles. The predicted molar refractivity (Wildman–Crippen MR) is 97.0 cm³/mol. The zero-order valence-corrected chi connectivity index (χ0v) is 15.8. The van der Waals surface area contributed by atoms with Gasteiger partial charge < -0.3 is 10.1 Å². The van der Waals surface area contributed by atoms with Gasteiger partial charge in [0.25, 0.3) is 5.19 Å². The van der Waals surface area contributed by atoms with Gasteiger partial charge in [0.2, 0.25) is 0 Å². The zero-order valence-electron chi connectivity index (χ0n) is 13.4. The van der Waals surface area contributed by atoms with Crippen LogP contribution in [-0.4, -0.2) is 16.6 Å². The molecule has 1 aromatic heterocycles. The zero-order chi connectivity index (χ0) is 17.7. The van der Waals surface area contributed by atoms with Crippen molar-refractivity contribution in [1.29, 1.82) is 0 Å². The molecule has 1 amide bonds. The van der Waals surface area contributed by atoms with Gasteiger partial charge in [-0.1, -0.05) is 44.5 Å². The molecule has 0 saturated carbocycles. The summed E-state index contributed by atoms with van der Waals surface area (Å²) in [4.78, 5) is 19.8. The van der Waals surface area contributed by atoms with Crippen LogP contribution in [0.4, 0.5) is 4.79 Å². The summed E-state index contributed by atoms with van der Waals surface area (Å²) in [5.74, 6) is 0. The lowest BCUT2D eigenvalue weighted by molar-refractivity contribution is 0.190. The summed E-state index contributed by atoms with van der Waals surface area (Å²) in [5, 5.41) is 6.49. The molecule has 0 saturated heterocycles. The van der Waals surface area contributed by atoms with E-state index in [0.717, 1.165) is 14.9 Å². The minimum atomic E-state index is -0.577. The number of azide groups is 1. The molecule has 0 atom stereocenters. The second-order valence-corrected chi connectivity index (χ2v) is 7.88. The number of hydrogen-bond acceptors (Lipinski definition) is 5. The second-order valence-electron chi connectivity index (χ2n) is 5.92. The maximum Gasteiger partial charge on any atom is 0.414 e. The predicted octanol–water partition coefficient (Wildman–Crippen LogP) is 5.27. The van der Waals surface area contributed by atoms with Crippen molar-refractivity contribution in [2.24, 2.45) is 5.11 Å². The van der Waals surface area contributed by atoms with Gasteiger partial charge in [-0.15, -0.1) is 0 Å². The van der Waals surface area contributed by atoms with Gasteiger partial charge in [-0.3, -0.25) is 0 Å². The summed E-state index contributed by atoms with van der Waals surface area (Å²) < 4.78 is 6.15. The van der Waals surface area contributed by atoms with Gasteiger partial charge in [-0.2, -0.15) is 0 Å². The molecule has 2 aromatic rings. The quantitative estimate of drug-likeness (QED) is 0.422. The molecule has 0 fully saturated rings. The van der Waals surface area contributed by atoms with E-state index in [2.05, 4.69) is 36.3 Å². The molecule has 0 aliphatic heterocycles. The fourth-order valence-electron chi connectivity index (χ4n) is 1.85. The highest BCUT2D eigenvalue weighted by atomic mass is 79.9. The van der Waals surface area contributed by atoms with Crippen LogP contribution >= 0.6 is 27.3 Å². The van der Waals surface area contributed by atoms with Crippen molar-refractivity contribution in [3.05, 3.63) is 44.1 Å². The molecular formula is C15H16BrN5O2S.